The van der Waals surface area contributed by atoms with Gasteiger partial charge in [-0.3, -0.25) is 9.48 Å². The van der Waals surface area contributed by atoms with E-state index >= 15 is 0 Å². The van der Waals surface area contributed by atoms with Gasteiger partial charge in [0.05, 0.1) is 11.4 Å². The predicted octanol–water partition coefficient (Wildman–Crippen LogP) is 3.22. The molecule has 6 nitrogen and oxygen atoms in total. The standard InChI is InChI=1S/C14H13F3N4O2S/c1-7-4-8(19-23-7)6-20(2)12(22)10-5-9-11(14(15,16)17)18-21(3)13(9)24-10/h4-5H,6H2,1-3H3. The summed E-state index contributed by atoms with van der Waals surface area (Å²) in [7, 11) is 2.98. The summed E-state index contributed by atoms with van der Waals surface area (Å²) in [5, 5.41) is 7.22. The second kappa shape index (κ2) is 5.62. The van der Waals surface area contributed by atoms with Gasteiger partial charge in [-0.05, 0) is 13.0 Å². The number of hydrogen-bond donors (Lipinski definition) is 0. The van der Waals surface area contributed by atoms with E-state index in [0.29, 0.717) is 16.3 Å². The number of fused-ring (bicyclic) bond motifs is 1. The predicted molar refractivity (Wildman–Crippen MR) is 80.6 cm³/mol. The largest absolute Gasteiger partial charge is 0.435 e. The highest BCUT2D eigenvalue weighted by Crippen LogP contribution is 2.37. The number of amides is 1. The summed E-state index contributed by atoms with van der Waals surface area (Å²) in [5.74, 6) is 0.235. The van der Waals surface area contributed by atoms with Crippen LogP contribution in [0.15, 0.2) is 16.7 Å². The molecule has 0 atom stereocenters. The molecule has 0 N–H and O–H groups in total. The van der Waals surface area contributed by atoms with E-state index < -0.39 is 11.9 Å². The topological polar surface area (TPSA) is 64.2 Å². The Morgan fingerprint density at radius 1 is 1.42 bits per heavy atom. The first-order valence-corrected chi connectivity index (χ1v) is 7.70. The normalized spacial score (nSPS) is 12.1. The van der Waals surface area contributed by atoms with E-state index in [-0.39, 0.29) is 22.7 Å². The summed E-state index contributed by atoms with van der Waals surface area (Å²) in [6.45, 7) is 1.94. The van der Waals surface area contributed by atoms with Gasteiger partial charge in [-0.15, -0.1) is 11.3 Å². The van der Waals surface area contributed by atoms with Crippen LogP contribution in [0, 0.1) is 6.92 Å². The molecule has 3 rings (SSSR count). The van der Waals surface area contributed by atoms with Crippen LogP contribution in [0.1, 0.15) is 26.8 Å². The average molecular weight is 358 g/mol. The van der Waals surface area contributed by atoms with Crippen molar-refractivity contribution in [3.8, 4) is 0 Å². The number of nitrogens with zero attached hydrogens (tertiary/aromatic N) is 4. The quantitative estimate of drug-likeness (QED) is 0.721. The monoisotopic (exact) mass is 358 g/mol. The molecule has 0 aromatic carbocycles. The molecule has 0 aliphatic carbocycles. The van der Waals surface area contributed by atoms with E-state index in [9.17, 15) is 18.0 Å². The first-order valence-electron chi connectivity index (χ1n) is 6.88. The van der Waals surface area contributed by atoms with Crippen molar-refractivity contribution in [2.24, 2.45) is 7.05 Å². The summed E-state index contributed by atoms with van der Waals surface area (Å²) < 4.78 is 45.1. The maximum absolute atomic E-state index is 13.0. The van der Waals surface area contributed by atoms with Gasteiger partial charge in [0.25, 0.3) is 5.91 Å². The van der Waals surface area contributed by atoms with E-state index in [1.165, 1.54) is 18.0 Å². The highest BCUT2D eigenvalue weighted by molar-refractivity contribution is 7.20. The lowest BCUT2D eigenvalue weighted by Gasteiger charge is -2.14. The van der Waals surface area contributed by atoms with Crippen molar-refractivity contribution in [2.45, 2.75) is 19.6 Å². The molecule has 0 fully saturated rings. The summed E-state index contributed by atoms with van der Waals surface area (Å²) >= 11 is 0.978. The third-order valence-electron chi connectivity index (χ3n) is 3.41. The van der Waals surface area contributed by atoms with E-state index in [4.69, 9.17) is 4.52 Å². The lowest BCUT2D eigenvalue weighted by atomic mass is 10.2. The van der Waals surface area contributed by atoms with Crippen LogP contribution < -0.4 is 0 Å². The Balaban J connectivity index is 1.90. The Bertz CT molecular complexity index is 909. The number of aryl methyl sites for hydroxylation is 2. The van der Waals surface area contributed by atoms with Crippen molar-refractivity contribution in [3.63, 3.8) is 0 Å². The second-order valence-electron chi connectivity index (χ2n) is 5.39. The molecule has 0 bridgehead atoms. The zero-order chi connectivity index (χ0) is 17.6. The number of hydrogen-bond acceptors (Lipinski definition) is 5. The fraction of sp³-hybridized carbons (Fsp3) is 0.357. The van der Waals surface area contributed by atoms with Crippen molar-refractivity contribution in [1.82, 2.24) is 19.8 Å². The SMILES string of the molecule is Cc1cc(CN(C)C(=O)c2cc3c(C(F)(F)F)nn(C)c3s2)no1. The van der Waals surface area contributed by atoms with Gasteiger partial charge < -0.3 is 9.42 Å². The first-order chi connectivity index (χ1) is 11.2. The van der Waals surface area contributed by atoms with Crippen LogP contribution in [0.25, 0.3) is 10.2 Å². The fourth-order valence-corrected chi connectivity index (χ4v) is 3.42. The number of rotatable bonds is 3. The minimum atomic E-state index is -4.56. The molecular formula is C14H13F3N4O2S. The number of carbonyl (C=O) groups excluding carboxylic acids is 1. The Morgan fingerprint density at radius 3 is 2.71 bits per heavy atom. The minimum Gasteiger partial charge on any atom is -0.361 e. The summed E-state index contributed by atoms with van der Waals surface area (Å²) in [6, 6.07) is 2.93. The molecule has 3 aromatic heterocycles. The van der Waals surface area contributed by atoms with Gasteiger partial charge in [0.1, 0.15) is 16.3 Å². The van der Waals surface area contributed by atoms with E-state index in [1.54, 1.807) is 20.0 Å². The molecule has 0 spiro atoms. The van der Waals surface area contributed by atoms with Gasteiger partial charge in [-0.2, -0.15) is 18.3 Å². The van der Waals surface area contributed by atoms with Gasteiger partial charge >= 0.3 is 6.18 Å². The van der Waals surface area contributed by atoms with E-state index in [2.05, 4.69) is 10.3 Å². The van der Waals surface area contributed by atoms with E-state index in [1.807, 2.05) is 0 Å². The maximum Gasteiger partial charge on any atom is 0.435 e. The number of alkyl halides is 3. The highest BCUT2D eigenvalue weighted by atomic mass is 32.1. The zero-order valence-electron chi connectivity index (χ0n) is 13.0. The second-order valence-corrected chi connectivity index (χ2v) is 6.42. The minimum absolute atomic E-state index is 0.0657. The van der Waals surface area contributed by atoms with Gasteiger partial charge in [0, 0.05) is 25.5 Å². The van der Waals surface area contributed by atoms with Gasteiger partial charge in [0.2, 0.25) is 0 Å². The van der Waals surface area contributed by atoms with Crippen LogP contribution in [0.5, 0.6) is 0 Å². The lowest BCUT2D eigenvalue weighted by molar-refractivity contribution is -0.140. The molecule has 0 saturated heterocycles. The van der Waals surface area contributed by atoms with Crippen molar-refractivity contribution in [2.75, 3.05) is 7.05 Å². The molecule has 10 heteroatoms. The molecule has 24 heavy (non-hydrogen) atoms. The maximum atomic E-state index is 13.0. The van der Waals surface area contributed by atoms with Crippen LogP contribution in [0.2, 0.25) is 0 Å². The lowest BCUT2D eigenvalue weighted by Crippen LogP contribution is -2.25. The Hall–Kier alpha value is -2.36. The molecule has 0 saturated carbocycles. The van der Waals surface area contributed by atoms with E-state index in [0.717, 1.165) is 16.0 Å². The number of halogens is 3. The zero-order valence-corrected chi connectivity index (χ0v) is 13.8. The molecule has 1 amide bonds. The van der Waals surface area contributed by atoms with Crippen molar-refractivity contribution in [1.29, 1.82) is 0 Å². The summed E-state index contributed by atoms with van der Waals surface area (Å²) in [5.41, 5.74) is -0.410. The highest BCUT2D eigenvalue weighted by Gasteiger charge is 2.37. The number of aromatic nitrogens is 3. The molecule has 0 aliphatic heterocycles. The number of carbonyl (C=O) groups is 1. The molecule has 0 unspecified atom stereocenters. The van der Waals surface area contributed by atoms with Crippen LogP contribution in [-0.4, -0.2) is 32.8 Å². The van der Waals surface area contributed by atoms with Gasteiger partial charge in [0.15, 0.2) is 5.69 Å². The van der Waals surface area contributed by atoms with Crippen LogP contribution in [-0.2, 0) is 19.8 Å². The smallest absolute Gasteiger partial charge is 0.361 e. The average Bonchev–Trinajstić information content (AvgIpc) is 3.14. The molecule has 128 valence electrons. The van der Waals surface area contributed by atoms with Gasteiger partial charge in [-0.25, -0.2) is 0 Å². The summed E-state index contributed by atoms with van der Waals surface area (Å²) in [4.78, 5) is 14.4. The molecule has 0 radical (unpaired) electrons. The third kappa shape index (κ3) is 2.88. The van der Waals surface area contributed by atoms with Crippen molar-refractivity contribution in [3.05, 3.63) is 34.2 Å². The van der Waals surface area contributed by atoms with Crippen LogP contribution >= 0.6 is 11.3 Å². The van der Waals surface area contributed by atoms with Gasteiger partial charge in [-0.1, -0.05) is 5.16 Å². The van der Waals surface area contributed by atoms with Crippen LogP contribution in [0.4, 0.5) is 13.2 Å². The van der Waals surface area contributed by atoms with Crippen molar-refractivity contribution >= 4 is 27.5 Å². The number of thiophene rings is 1. The first kappa shape index (κ1) is 16.5. The Kier molecular flexibility index (Phi) is 3.86. The molecule has 3 heterocycles. The molecule has 0 aliphatic rings. The Morgan fingerprint density at radius 2 is 2.12 bits per heavy atom. The fourth-order valence-electron chi connectivity index (χ4n) is 2.35. The van der Waals surface area contributed by atoms with Crippen LogP contribution in [0.3, 0.4) is 0 Å². The third-order valence-corrected chi connectivity index (χ3v) is 4.60. The molecular weight excluding hydrogens is 345 g/mol. The molecule has 3 aromatic rings. The van der Waals surface area contributed by atoms with Crippen molar-refractivity contribution < 1.29 is 22.5 Å². The summed E-state index contributed by atoms with van der Waals surface area (Å²) in [6.07, 6.45) is -4.56. The Labute approximate surface area is 138 Å².